The van der Waals surface area contributed by atoms with Gasteiger partial charge in [-0.25, -0.2) is 0 Å². The average Bonchev–Trinajstić information content (AvgIpc) is 3.45. The third-order valence-electron chi connectivity index (χ3n) is 5.32. The number of aromatic nitrogens is 3. The van der Waals surface area contributed by atoms with Crippen LogP contribution in [-0.2, 0) is 24.3 Å². The van der Waals surface area contributed by atoms with Gasteiger partial charge in [0, 0.05) is 44.1 Å². The molecule has 0 saturated carbocycles. The summed E-state index contributed by atoms with van der Waals surface area (Å²) in [4.78, 5) is 18.7. The summed E-state index contributed by atoms with van der Waals surface area (Å²) in [6.07, 6.45) is 2.71. The number of thiophene rings is 1. The molecule has 3 aromatic rings. The predicted molar refractivity (Wildman–Crippen MR) is 122 cm³/mol. The van der Waals surface area contributed by atoms with Gasteiger partial charge >= 0.3 is 0 Å². The van der Waals surface area contributed by atoms with Gasteiger partial charge in [-0.3, -0.25) is 9.69 Å². The minimum absolute atomic E-state index is 0.171. The summed E-state index contributed by atoms with van der Waals surface area (Å²) in [5, 5.41) is 11.0. The van der Waals surface area contributed by atoms with Gasteiger partial charge in [-0.15, -0.1) is 21.5 Å². The molecule has 4 rings (SSSR count). The van der Waals surface area contributed by atoms with Crippen LogP contribution in [0.1, 0.15) is 17.4 Å². The maximum absolute atomic E-state index is 13.0. The highest BCUT2D eigenvalue weighted by atomic mass is 32.2. The normalized spacial score (nSPS) is 16.0. The van der Waals surface area contributed by atoms with Crippen LogP contribution >= 0.6 is 23.1 Å². The number of carbonyl (C=O) groups is 1. The molecule has 8 heteroatoms. The van der Waals surface area contributed by atoms with Crippen LogP contribution in [0.25, 0.3) is 0 Å². The van der Waals surface area contributed by atoms with E-state index in [1.54, 1.807) is 17.7 Å². The molecule has 1 atom stereocenters. The highest BCUT2D eigenvalue weighted by Crippen LogP contribution is 2.24. The lowest BCUT2D eigenvalue weighted by Gasteiger charge is -2.35. The molecule has 3 heterocycles. The first-order chi connectivity index (χ1) is 14.7. The molecule has 0 aliphatic carbocycles. The first-order valence-corrected chi connectivity index (χ1v) is 12.1. The Kier molecular flexibility index (Phi) is 7.20. The number of thioether (sulfide) groups is 1. The Bertz CT molecular complexity index is 920. The van der Waals surface area contributed by atoms with Crippen LogP contribution in [0.3, 0.4) is 0 Å². The highest BCUT2D eigenvalue weighted by Gasteiger charge is 2.26. The smallest absolute Gasteiger partial charge is 0.235 e. The summed E-state index contributed by atoms with van der Waals surface area (Å²) in [6.45, 7) is 7.13. The average molecular weight is 442 g/mol. The lowest BCUT2D eigenvalue weighted by Crippen LogP contribution is -2.50. The molecule has 1 aliphatic heterocycles. The Morgan fingerprint density at radius 2 is 1.93 bits per heavy atom. The molecule has 0 unspecified atom stereocenters. The Morgan fingerprint density at radius 1 is 1.13 bits per heavy atom. The number of hydrogen-bond donors (Lipinski definition) is 0. The van der Waals surface area contributed by atoms with Gasteiger partial charge in [0.05, 0.1) is 5.25 Å². The molecule has 0 radical (unpaired) electrons. The number of piperazine rings is 1. The number of carbonyl (C=O) groups excluding carboxylic acids is 1. The van der Waals surface area contributed by atoms with E-state index >= 15 is 0 Å². The van der Waals surface area contributed by atoms with E-state index in [4.69, 9.17) is 0 Å². The van der Waals surface area contributed by atoms with E-state index in [2.05, 4.69) is 56.9 Å². The topological polar surface area (TPSA) is 54.3 Å². The van der Waals surface area contributed by atoms with E-state index in [0.29, 0.717) is 0 Å². The van der Waals surface area contributed by atoms with Crippen molar-refractivity contribution >= 4 is 29.0 Å². The van der Waals surface area contributed by atoms with Gasteiger partial charge in [-0.1, -0.05) is 48.2 Å². The van der Waals surface area contributed by atoms with Gasteiger partial charge in [-0.2, -0.15) is 0 Å². The molecule has 1 aliphatic rings. The van der Waals surface area contributed by atoms with Gasteiger partial charge in [-0.05, 0) is 30.4 Å². The molecule has 1 fully saturated rings. The summed E-state index contributed by atoms with van der Waals surface area (Å²) in [5.74, 6) is 0.187. The molecule has 2 aromatic heterocycles. The third-order valence-corrected chi connectivity index (χ3v) is 7.34. The zero-order valence-corrected chi connectivity index (χ0v) is 18.8. The van der Waals surface area contributed by atoms with Gasteiger partial charge in [0.2, 0.25) is 5.91 Å². The maximum atomic E-state index is 13.0. The Balaban J connectivity index is 1.26. The molecule has 6 nitrogen and oxygen atoms in total. The molecule has 0 spiro atoms. The zero-order chi connectivity index (χ0) is 20.8. The number of rotatable bonds is 8. The van der Waals surface area contributed by atoms with Crippen molar-refractivity contribution in [2.45, 2.75) is 36.8 Å². The first-order valence-electron chi connectivity index (χ1n) is 10.3. The Hall–Kier alpha value is -2.16. The van der Waals surface area contributed by atoms with Crippen molar-refractivity contribution in [3.8, 4) is 0 Å². The largest absolute Gasteiger partial charge is 0.339 e. The van der Waals surface area contributed by atoms with Crippen LogP contribution in [0, 0.1) is 0 Å². The molecular formula is C22H27N5OS2. The molecule has 0 N–H and O–H groups in total. The standard InChI is InChI=1S/C22H27N5OS2/c1-18(30-22-24-23-17-27(22)10-9-20-8-5-15-29-20)21(28)26-13-11-25(12-14-26)16-19-6-3-2-4-7-19/h2-8,15,17-18H,9-14,16H2,1H3/t18-/m1/s1. The molecular weight excluding hydrogens is 414 g/mol. The molecule has 0 bridgehead atoms. The monoisotopic (exact) mass is 441 g/mol. The van der Waals surface area contributed by atoms with Crippen molar-refractivity contribution in [2.75, 3.05) is 26.2 Å². The maximum Gasteiger partial charge on any atom is 0.235 e. The summed E-state index contributed by atoms with van der Waals surface area (Å²) >= 11 is 3.27. The minimum atomic E-state index is -0.171. The number of benzene rings is 1. The van der Waals surface area contributed by atoms with E-state index < -0.39 is 0 Å². The number of amides is 1. The van der Waals surface area contributed by atoms with Crippen molar-refractivity contribution in [3.63, 3.8) is 0 Å². The molecule has 1 saturated heterocycles. The summed E-state index contributed by atoms with van der Waals surface area (Å²) in [6, 6.07) is 14.7. The zero-order valence-electron chi connectivity index (χ0n) is 17.2. The predicted octanol–water partition coefficient (Wildman–Crippen LogP) is 3.41. The summed E-state index contributed by atoms with van der Waals surface area (Å²) in [7, 11) is 0. The fourth-order valence-corrected chi connectivity index (χ4v) is 5.24. The van der Waals surface area contributed by atoms with Gasteiger partial charge in [0.1, 0.15) is 6.33 Å². The van der Waals surface area contributed by atoms with Crippen molar-refractivity contribution in [3.05, 3.63) is 64.6 Å². The van der Waals surface area contributed by atoms with Gasteiger partial charge in [0.25, 0.3) is 0 Å². The lowest BCUT2D eigenvalue weighted by atomic mass is 10.2. The van der Waals surface area contributed by atoms with E-state index in [9.17, 15) is 4.79 Å². The first kappa shape index (κ1) is 21.1. The van der Waals surface area contributed by atoms with Crippen LogP contribution in [0.15, 0.2) is 59.3 Å². The molecule has 30 heavy (non-hydrogen) atoms. The number of hydrogen-bond acceptors (Lipinski definition) is 6. The van der Waals surface area contributed by atoms with Crippen molar-refractivity contribution in [2.24, 2.45) is 0 Å². The van der Waals surface area contributed by atoms with Crippen LogP contribution in [0.4, 0.5) is 0 Å². The second-order valence-corrected chi connectivity index (χ2v) is 9.82. The van der Waals surface area contributed by atoms with E-state index in [1.807, 2.05) is 22.5 Å². The van der Waals surface area contributed by atoms with Crippen LogP contribution in [0.2, 0.25) is 0 Å². The van der Waals surface area contributed by atoms with Gasteiger partial charge in [0.15, 0.2) is 5.16 Å². The second kappa shape index (κ2) is 10.2. The molecule has 1 amide bonds. The SMILES string of the molecule is C[C@@H](Sc1nncn1CCc1cccs1)C(=O)N1CCN(Cc2ccccc2)CC1. The van der Waals surface area contributed by atoms with E-state index in [0.717, 1.165) is 50.8 Å². The quantitative estimate of drug-likeness (QED) is 0.502. The lowest BCUT2D eigenvalue weighted by molar-refractivity contribution is -0.132. The van der Waals surface area contributed by atoms with Crippen molar-refractivity contribution < 1.29 is 4.79 Å². The Morgan fingerprint density at radius 3 is 2.67 bits per heavy atom. The van der Waals surface area contributed by atoms with Crippen LogP contribution < -0.4 is 0 Å². The van der Waals surface area contributed by atoms with E-state index in [-0.39, 0.29) is 11.2 Å². The van der Waals surface area contributed by atoms with Crippen molar-refractivity contribution in [1.29, 1.82) is 0 Å². The Labute approximate surface area is 185 Å². The van der Waals surface area contributed by atoms with E-state index in [1.165, 1.54) is 22.2 Å². The fourth-order valence-electron chi connectivity index (χ4n) is 3.61. The third kappa shape index (κ3) is 5.50. The summed E-state index contributed by atoms with van der Waals surface area (Å²) in [5.41, 5.74) is 1.32. The van der Waals surface area contributed by atoms with Crippen molar-refractivity contribution in [1.82, 2.24) is 24.6 Å². The highest BCUT2D eigenvalue weighted by molar-refractivity contribution is 8.00. The minimum Gasteiger partial charge on any atom is -0.339 e. The van der Waals surface area contributed by atoms with Gasteiger partial charge < -0.3 is 9.47 Å². The second-order valence-electron chi connectivity index (χ2n) is 7.48. The van der Waals surface area contributed by atoms with Crippen LogP contribution in [0.5, 0.6) is 0 Å². The van der Waals surface area contributed by atoms with Crippen LogP contribution in [-0.4, -0.2) is 61.9 Å². The number of nitrogens with zero attached hydrogens (tertiary/aromatic N) is 5. The molecule has 158 valence electrons. The molecule has 1 aromatic carbocycles. The summed E-state index contributed by atoms with van der Waals surface area (Å²) < 4.78 is 2.05. The fraction of sp³-hybridized carbons (Fsp3) is 0.409. The number of aryl methyl sites for hydroxylation is 2.